The second-order valence-corrected chi connectivity index (χ2v) is 8.83. The molecule has 0 unspecified atom stereocenters. The third-order valence-corrected chi connectivity index (χ3v) is 6.27. The minimum absolute atomic E-state index is 0.0626. The molecule has 162 valence electrons. The number of nitrogens with one attached hydrogen (secondary N) is 1. The lowest BCUT2D eigenvalue weighted by molar-refractivity contribution is -0.0872. The number of hydrogen-bond acceptors (Lipinski definition) is 5. The molecule has 2 aromatic heterocycles. The van der Waals surface area contributed by atoms with E-state index < -0.39 is 11.4 Å². The molecule has 2 saturated heterocycles. The van der Waals surface area contributed by atoms with Crippen LogP contribution in [-0.4, -0.2) is 63.7 Å². The summed E-state index contributed by atoms with van der Waals surface area (Å²) in [5.74, 6) is -0.416. The highest BCUT2D eigenvalue weighted by Gasteiger charge is 2.51. The predicted molar refractivity (Wildman–Crippen MR) is 115 cm³/mol. The molecule has 0 atom stereocenters. The maximum absolute atomic E-state index is 14.1. The van der Waals surface area contributed by atoms with Crippen LogP contribution in [0.5, 0.6) is 0 Å². The quantitative estimate of drug-likeness (QED) is 0.682. The van der Waals surface area contributed by atoms with Gasteiger partial charge in [0.05, 0.1) is 16.7 Å². The summed E-state index contributed by atoms with van der Waals surface area (Å²) >= 11 is 0. The fourth-order valence-electron chi connectivity index (χ4n) is 4.82. The normalized spacial score (nSPS) is 17.0. The average Bonchev–Trinajstić information content (AvgIpc) is 3.11. The fraction of sp³-hybridized carbons (Fsp3) is 0.304. The second kappa shape index (κ2) is 7.14. The van der Waals surface area contributed by atoms with E-state index in [1.165, 1.54) is 29.2 Å². The smallest absolute Gasteiger partial charge is 0.280 e. The van der Waals surface area contributed by atoms with E-state index in [-0.39, 0.29) is 22.4 Å². The van der Waals surface area contributed by atoms with Gasteiger partial charge in [-0.05, 0) is 49.4 Å². The zero-order valence-electron chi connectivity index (χ0n) is 17.7. The van der Waals surface area contributed by atoms with Gasteiger partial charge in [0.15, 0.2) is 5.82 Å². The molecule has 8 nitrogen and oxygen atoms in total. The van der Waals surface area contributed by atoms with Crippen molar-refractivity contribution < 1.29 is 9.18 Å². The van der Waals surface area contributed by atoms with Gasteiger partial charge in [0.25, 0.3) is 11.5 Å². The largest absolute Gasteiger partial charge is 0.337 e. The van der Waals surface area contributed by atoms with Gasteiger partial charge in [0.2, 0.25) is 0 Å². The van der Waals surface area contributed by atoms with Gasteiger partial charge in [-0.25, -0.2) is 14.1 Å². The Morgan fingerprint density at radius 3 is 2.59 bits per heavy atom. The van der Waals surface area contributed by atoms with E-state index in [0.29, 0.717) is 22.5 Å². The van der Waals surface area contributed by atoms with Crippen LogP contribution in [0.3, 0.4) is 0 Å². The molecule has 1 N–H and O–H groups in total. The molecule has 0 bridgehead atoms. The molecule has 0 radical (unpaired) electrons. The Hall–Kier alpha value is -3.77. The van der Waals surface area contributed by atoms with Crippen molar-refractivity contribution in [2.75, 3.05) is 33.2 Å². The van der Waals surface area contributed by atoms with Crippen LogP contribution in [0, 0.1) is 29.5 Å². The molecule has 0 saturated carbocycles. The molecule has 32 heavy (non-hydrogen) atoms. The van der Waals surface area contributed by atoms with Crippen molar-refractivity contribution >= 4 is 5.91 Å². The molecule has 2 aliphatic rings. The Labute approximate surface area is 183 Å². The van der Waals surface area contributed by atoms with Gasteiger partial charge in [0, 0.05) is 44.0 Å². The van der Waals surface area contributed by atoms with Crippen molar-refractivity contribution in [2.45, 2.75) is 6.92 Å². The fourth-order valence-corrected chi connectivity index (χ4v) is 4.82. The number of benzene rings is 1. The van der Waals surface area contributed by atoms with Crippen molar-refractivity contribution in [1.29, 1.82) is 5.26 Å². The molecule has 2 aliphatic heterocycles. The molecular formula is C23H21FN6O2. The summed E-state index contributed by atoms with van der Waals surface area (Å²) in [6.07, 6.45) is 2.95. The summed E-state index contributed by atoms with van der Waals surface area (Å²) in [4.78, 5) is 34.0. The number of nitrogens with zero attached hydrogens (tertiary/aromatic N) is 5. The lowest BCUT2D eigenvalue weighted by Gasteiger charge is -2.59. The van der Waals surface area contributed by atoms with Crippen molar-refractivity contribution in [3.63, 3.8) is 0 Å². The van der Waals surface area contributed by atoms with Crippen LogP contribution in [0.15, 0.2) is 41.5 Å². The summed E-state index contributed by atoms with van der Waals surface area (Å²) in [5.41, 5.74) is 1.55. The van der Waals surface area contributed by atoms with Gasteiger partial charge in [0.1, 0.15) is 11.9 Å². The van der Waals surface area contributed by atoms with Crippen LogP contribution in [0.1, 0.15) is 21.5 Å². The van der Waals surface area contributed by atoms with E-state index in [2.05, 4.69) is 22.0 Å². The maximum atomic E-state index is 14.1. The molecule has 9 heteroatoms. The molecule has 0 aliphatic carbocycles. The highest BCUT2D eigenvalue weighted by atomic mass is 19.1. The number of carbonyl (C=O) groups excluding carboxylic acids is 1. The number of halogens is 1. The number of pyridine rings is 1. The number of H-pyrrole nitrogens is 1. The van der Waals surface area contributed by atoms with Gasteiger partial charge < -0.3 is 9.80 Å². The van der Waals surface area contributed by atoms with E-state index in [1.807, 2.05) is 4.90 Å². The topological polar surface area (TPSA) is 98.0 Å². The predicted octanol–water partition coefficient (Wildman–Crippen LogP) is 1.93. The van der Waals surface area contributed by atoms with E-state index in [0.717, 1.165) is 26.2 Å². The van der Waals surface area contributed by atoms with Gasteiger partial charge >= 0.3 is 0 Å². The molecule has 1 aromatic carbocycles. The Morgan fingerprint density at radius 1 is 1.22 bits per heavy atom. The van der Waals surface area contributed by atoms with Gasteiger partial charge in [-0.15, -0.1) is 0 Å². The van der Waals surface area contributed by atoms with Gasteiger partial charge in [-0.2, -0.15) is 5.26 Å². The second-order valence-electron chi connectivity index (χ2n) is 8.83. The average molecular weight is 432 g/mol. The number of hydrogen-bond donors (Lipinski definition) is 1. The van der Waals surface area contributed by atoms with E-state index >= 15 is 0 Å². The third-order valence-electron chi connectivity index (χ3n) is 6.27. The molecule has 2 fully saturated rings. The summed E-state index contributed by atoms with van der Waals surface area (Å²) in [7, 11) is 2.07. The first-order valence-electron chi connectivity index (χ1n) is 10.3. The molecule has 3 aromatic rings. The number of aromatic amines is 1. The van der Waals surface area contributed by atoms with Crippen molar-refractivity contribution in [2.24, 2.45) is 5.41 Å². The van der Waals surface area contributed by atoms with Crippen molar-refractivity contribution in [1.82, 2.24) is 24.6 Å². The van der Waals surface area contributed by atoms with E-state index in [4.69, 9.17) is 5.26 Å². The van der Waals surface area contributed by atoms with Crippen molar-refractivity contribution in [3.05, 3.63) is 69.5 Å². The zero-order valence-corrected chi connectivity index (χ0v) is 17.7. The van der Waals surface area contributed by atoms with Crippen molar-refractivity contribution in [3.8, 4) is 23.0 Å². The first kappa shape index (κ1) is 20.2. The highest BCUT2D eigenvalue weighted by Crippen LogP contribution is 2.39. The summed E-state index contributed by atoms with van der Waals surface area (Å²) in [5, 5.41) is 11.8. The lowest BCUT2D eigenvalue weighted by Crippen LogP contribution is -2.72. The first-order valence-corrected chi connectivity index (χ1v) is 10.3. The minimum Gasteiger partial charge on any atom is -0.337 e. The van der Waals surface area contributed by atoms with E-state index in [1.54, 1.807) is 25.1 Å². The number of aryl methyl sites for hydroxylation is 1. The summed E-state index contributed by atoms with van der Waals surface area (Å²) in [6.45, 7) is 5.28. The Balaban J connectivity index is 1.36. The SMILES string of the molecule is Cc1cc(C#N)c(F)cc1-c1c[nH]n(-c2ccc(C(=O)N3CC4(CN(C)C4)C3)cn2)c1=O. The van der Waals surface area contributed by atoms with Crippen LogP contribution in [0.25, 0.3) is 16.9 Å². The zero-order chi connectivity index (χ0) is 22.6. The number of likely N-dealkylation sites (tertiary alicyclic amines) is 2. The highest BCUT2D eigenvalue weighted by molar-refractivity contribution is 5.94. The Kier molecular flexibility index (Phi) is 4.50. The van der Waals surface area contributed by atoms with Crippen LogP contribution in [0.4, 0.5) is 4.39 Å². The third kappa shape index (κ3) is 3.11. The van der Waals surface area contributed by atoms with E-state index in [9.17, 15) is 14.0 Å². The first-order chi connectivity index (χ1) is 15.3. The standard InChI is InChI=1S/C23H21FN6O2/c1-14-5-16(7-25)19(24)6-17(14)18-9-27-30(22(18)32)20-4-3-15(8-26-20)21(31)29-12-23(13-29)10-28(2)11-23/h3-6,8-9,27H,10-13H2,1-2H3. The number of aromatic nitrogens is 3. The van der Waals surface area contributed by atoms with Crippen LogP contribution in [0.2, 0.25) is 0 Å². The van der Waals surface area contributed by atoms with Gasteiger partial charge in [-0.3, -0.25) is 14.7 Å². The Morgan fingerprint density at radius 2 is 1.97 bits per heavy atom. The van der Waals surface area contributed by atoms with Crippen LogP contribution < -0.4 is 5.56 Å². The molecular weight excluding hydrogens is 411 g/mol. The number of amides is 1. The van der Waals surface area contributed by atoms with Crippen LogP contribution in [-0.2, 0) is 0 Å². The lowest BCUT2D eigenvalue weighted by atomic mass is 9.73. The molecule has 5 rings (SSSR count). The van der Waals surface area contributed by atoms with Gasteiger partial charge in [-0.1, -0.05) is 0 Å². The monoisotopic (exact) mass is 432 g/mol. The van der Waals surface area contributed by atoms with Crippen LogP contribution >= 0.6 is 0 Å². The molecule has 1 amide bonds. The Bertz CT molecular complexity index is 1320. The number of rotatable bonds is 3. The minimum atomic E-state index is -0.678. The summed E-state index contributed by atoms with van der Waals surface area (Å²) in [6, 6.07) is 7.67. The molecule has 4 heterocycles. The number of nitriles is 1. The summed E-state index contributed by atoms with van der Waals surface area (Å²) < 4.78 is 15.3. The maximum Gasteiger partial charge on any atom is 0.280 e. The number of carbonyl (C=O) groups is 1. The molecule has 1 spiro atoms.